The summed E-state index contributed by atoms with van der Waals surface area (Å²) >= 11 is 6.17. The van der Waals surface area contributed by atoms with Gasteiger partial charge in [-0.3, -0.25) is 0 Å². The summed E-state index contributed by atoms with van der Waals surface area (Å²) in [7, 11) is 1.95. The number of halogens is 1. The standard InChI is InChI=1S/C13H18ClNO/c1-15-7-6-10-4-5-13(12(14)8-10)16-9-11-2-3-11/h4-5,8,11,15H,2-3,6-7,9H2,1H3. The van der Waals surface area contributed by atoms with Gasteiger partial charge in [-0.15, -0.1) is 0 Å². The molecule has 88 valence electrons. The van der Waals surface area contributed by atoms with Crippen LogP contribution in [-0.4, -0.2) is 20.2 Å². The SMILES string of the molecule is CNCCc1ccc(OCC2CC2)c(Cl)c1. The fraction of sp³-hybridized carbons (Fsp3) is 0.538. The van der Waals surface area contributed by atoms with Gasteiger partial charge in [0.05, 0.1) is 11.6 Å². The minimum absolute atomic E-state index is 0.731. The summed E-state index contributed by atoms with van der Waals surface area (Å²) in [6, 6.07) is 6.07. The molecule has 16 heavy (non-hydrogen) atoms. The first-order valence-electron chi connectivity index (χ1n) is 5.85. The zero-order chi connectivity index (χ0) is 11.4. The Labute approximate surface area is 102 Å². The van der Waals surface area contributed by atoms with Gasteiger partial charge in [-0.05, 0) is 56.5 Å². The molecule has 0 spiro atoms. The molecule has 1 saturated carbocycles. The smallest absolute Gasteiger partial charge is 0.137 e. The number of benzene rings is 1. The third-order valence-electron chi connectivity index (χ3n) is 2.83. The van der Waals surface area contributed by atoms with Crippen molar-refractivity contribution in [2.45, 2.75) is 19.3 Å². The molecule has 0 saturated heterocycles. The molecule has 0 aromatic heterocycles. The molecular formula is C13H18ClNO. The quantitative estimate of drug-likeness (QED) is 0.824. The van der Waals surface area contributed by atoms with Gasteiger partial charge in [-0.2, -0.15) is 0 Å². The highest BCUT2D eigenvalue weighted by Gasteiger charge is 2.22. The minimum atomic E-state index is 0.731. The Balaban J connectivity index is 1.92. The predicted octanol–water partition coefficient (Wildman–Crippen LogP) is 2.89. The van der Waals surface area contributed by atoms with E-state index in [1.165, 1.54) is 18.4 Å². The number of rotatable bonds is 6. The van der Waals surface area contributed by atoms with Crippen LogP contribution in [0.3, 0.4) is 0 Å². The lowest BCUT2D eigenvalue weighted by Gasteiger charge is -2.09. The zero-order valence-electron chi connectivity index (χ0n) is 9.63. The molecule has 1 N–H and O–H groups in total. The summed E-state index contributed by atoms with van der Waals surface area (Å²) in [4.78, 5) is 0. The van der Waals surface area contributed by atoms with Crippen LogP contribution < -0.4 is 10.1 Å². The Morgan fingerprint density at radius 2 is 2.25 bits per heavy atom. The average molecular weight is 240 g/mol. The fourth-order valence-electron chi connectivity index (χ4n) is 1.58. The van der Waals surface area contributed by atoms with Gasteiger partial charge >= 0.3 is 0 Å². The molecule has 2 nitrogen and oxygen atoms in total. The first-order valence-corrected chi connectivity index (χ1v) is 6.23. The molecule has 0 unspecified atom stereocenters. The van der Waals surface area contributed by atoms with Crippen molar-refractivity contribution in [2.24, 2.45) is 5.92 Å². The molecule has 0 atom stereocenters. The van der Waals surface area contributed by atoms with Crippen LogP contribution in [-0.2, 0) is 6.42 Å². The lowest BCUT2D eigenvalue weighted by atomic mass is 10.1. The van der Waals surface area contributed by atoms with Crippen molar-refractivity contribution in [1.82, 2.24) is 5.32 Å². The van der Waals surface area contributed by atoms with Crippen LogP contribution in [0.15, 0.2) is 18.2 Å². The highest BCUT2D eigenvalue weighted by molar-refractivity contribution is 6.32. The van der Waals surface area contributed by atoms with Gasteiger partial charge in [-0.25, -0.2) is 0 Å². The maximum Gasteiger partial charge on any atom is 0.137 e. The van der Waals surface area contributed by atoms with Gasteiger partial charge in [0.15, 0.2) is 0 Å². The van der Waals surface area contributed by atoms with Gasteiger partial charge in [0.25, 0.3) is 0 Å². The lowest BCUT2D eigenvalue weighted by molar-refractivity contribution is 0.300. The second kappa shape index (κ2) is 5.55. The van der Waals surface area contributed by atoms with Gasteiger partial charge in [0, 0.05) is 0 Å². The third-order valence-corrected chi connectivity index (χ3v) is 3.13. The summed E-state index contributed by atoms with van der Waals surface area (Å²) in [5.74, 6) is 1.59. The normalized spacial score (nSPS) is 15.1. The maximum atomic E-state index is 6.17. The number of ether oxygens (including phenoxy) is 1. The molecule has 3 heteroatoms. The van der Waals surface area contributed by atoms with Gasteiger partial charge < -0.3 is 10.1 Å². The van der Waals surface area contributed by atoms with Crippen LogP contribution >= 0.6 is 11.6 Å². The maximum absolute atomic E-state index is 6.17. The summed E-state index contributed by atoms with van der Waals surface area (Å²) in [6.45, 7) is 1.79. The predicted molar refractivity (Wildman–Crippen MR) is 67.3 cm³/mol. The molecule has 0 aliphatic heterocycles. The van der Waals surface area contributed by atoms with Crippen LogP contribution in [0.4, 0.5) is 0 Å². The first kappa shape index (κ1) is 11.7. The van der Waals surface area contributed by atoms with E-state index in [4.69, 9.17) is 16.3 Å². The van der Waals surface area contributed by atoms with E-state index < -0.39 is 0 Å². The molecule has 1 fully saturated rings. The fourth-order valence-corrected chi connectivity index (χ4v) is 1.84. The van der Waals surface area contributed by atoms with Crippen molar-refractivity contribution in [3.8, 4) is 5.75 Å². The van der Waals surface area contributed by atoms with Crippen LogP contribution in [0.5, 0.6) is 5.75 Å². The van der Waals surface area contributed by atoms with E-state index in [0.717, 1.165) is 36.3 Å². The van der Waals surface area contributed by atoms with Crippen molar-refractivity contribution >= 4 is 11.6 Å². The Hall–Kier alpha value is -0.730. The second-order valence-electron chi connectivity index (χ2n) is 4.37. The Morgan fingerprint density at radius 3 is 2.88 bits per heavy atom. The van der Waals surface area contributed by atoms with Gasteiger partial charge in [0.2, 0.25) is 0 Å². The summed E-state index contributed by atoms with van der Waals surface area (Å²) in [5, 5.41) is 3.86. The van der Waals surface area contributed by atoms with Gasteiger partial charge in [0.1, 0.15) is 5.75 Å². The molecule has 0 amide bonds. The van der Waals surface area contributed by atoms with Crippen LogP contribution in [0, 0.1) is 5.92 Å². The summed E-state index contributed by atoms with van der Waals surface area (Å²) in [5.41, 5.74) is 1.25. The van der Waals surface area contributed by atoms with Crippen molar-refractivity contribution in [2.75, 3.05) is 20.2 Å². The highest BCUT2D eigenvalue weighted by atomic mass is 35.5. The molecule has 1 aliphatic rings. The van der Waals surface area contributed by atoms with Crippen molar-refractivity contribution in [3.05, 3.63) is 28.8 Å². The molecule has 0 heterocycles. The topological polar surface area (TPSA) is 21.3 Å². The number of nitrogens with one attached hydrogen (secondary N) is 1. The average Bonchev–Trinajstić information content (AvgIpc) is 3.09. The summed E-state index contributed by atoms with van der Waals surface area (Å²) < 4.78 is 5.67. The van der Waals surface area contributed by atoms with E-state index in [0.29, 0.717) is 0 Å². The van der Waals surface area contributed by atoms with Crippen molar-refractivity contribution in [1.29, 1.82) is 0 Å². The van der Waals surface area contributed by atoms with E-state index >= 15 is 0 Å². The molecule has 2 rings (SSSR count). The summed E-state index contributed by atoms with van der Waals surface area (Å²) in [6.07, 6.45) is 3.61. The molecule has 1 aromatic rings. The second-order valence-corrected chi connectivity index (χ2v) is 4.78. The number of hydrogen-bond donors (Lipinski definition) is 1. The van der Waals surface area contributed by atoms with Crippen LogP contribution in [0.25, 0.3) is 0 Å². The van der Waals surface area contributed by atoms with Gasteiger partial charge in [-0.1, -0.05) is 17.7 Å². The highest BCUT2D eigenvalue weighted by Crippen LogP contribution is 2.32. The van der Waals surface area contributed by atoms with E-state index in [9.17, 15) is 0 Å². The van der Waals surface area contributed by atoms with Crippen molar-refractivity contribution in [3.63, 3.8) is 0 Å². The third kappa shape index (κ3) is 3.39. The van der Waals surface area contributed by atoms with E-state index in [1.54, 1.807) is 0 Å². The zero-order valence-corrected chi connectivity index (χ0v) is 10.4. The molecular weight excluding hydrogens is 222 g/mol. The Morgan fingerprint density at radius 1 is 1.44 bits per heavy atom. The van der Waals surface area contributed by atoms with Crippen molar-refractivity contribution < 1.29 is 4.74 Å². The van der Waals surface area contributed by atoms with E-state index in [-0.39, 0.29) is 0 Å². The van der Waals surface area contributed by atoms with E-state index in [1.807, 2.05) is 19.2 Å². The number of hydrogen-bond acceptors (Lipinski definition) is 2. The lowest BCUT2D eigenvalue weighted by Crippen LogP contribution is -2.10. The Kier molecular flexibility index (Phi) is 4.08. The molecule has 1 aliphatic carbocycles. The van der Waals surface area contributed by atoms with E-state index in [2.05, 4.69) is 11.4 Å². The Bertz CT molecular complexity index is 350. The minimum Gasteiger partial charge on any atom is -0.492 e. The molecule has 0 bridgehead atoms. The van der Waals surface area contributed by atoms with Crippen LogP contribution in [0.1, 0.15) is 18.4 Å². The monoisotopic (exact) mass is 239 g/mol. The molecule has 1 aromatic carbocycles. The molecule has 0 radical (unpaired) electrons. The first-order chi connectivity index (χ1) is 7.79. The van der Waals surface area contributed by atoms with Crippen LogP contribution in [0.2, 0.25) is 5.02 Å². The largest absolute Gasteiger partial charge is 0.492 e. The number of likely N-dealkylation sites (N-methyl/N-ethyl adjacent to an activating group) is 1.